The Hall–Kier alpha value is -3.36. The second kappa shape index (κ2) is 11.1. The van der Waals surface area contributed by atoms with Crippen LogP contribution in [0, 0.1) is 5.92 Å². The van der Waals surface area contributed by atoms with Crippen molar-refractivity contribution in [1.29, 1.82) is 0 Å². The van der Waals surface area contributed by atoms with Gasteiger partial charge in [-0.3, -0.25) is 4.99 Å². The molecular weight excluding hydrogens is 518 g/mol. The lowest BCUT2D eigenvalue weighted by Gasteiger charge is -2.42. The Balaban J connectivity index is 0.000000271. The minimum Gasteiger partial charge on any atom is -0.475 e. The Labute approximate surface area is 204 Å². The SMILES string of the molecule is C[C@]12N=C(N)SC[C@H]1CCc1ccc(-c3cncnc3)cc12.O=C(O)C(F)(F)F.O=C(O)C(F)(F)F. The molecule has 2 aliphatic rings. The number of aromatic nitrogens is 2. The van der Waals surface area contributed by atoms with E-state index in [1.807, 2.05) is 12.4 Å². The van der Waals surface area contributed by atoms with Crippen LogP contribution < -0.4 is 5.73 Å². The number of carbonyl (C=O) groups is 2. The molecule has 15 heteroatoms. The van der Waals surface area contributed by atoms with E-state index in [4.69, 9.17) is 30.5 Å². The number of carboxylic acid groups (broad SMARTS) is 2. The maximum absolute atomic E-state index is 10.6. The Kier molecular flexibility index (Phi) is 8.93. The monoisotopic (exact) mass is 538 g/mol. The predicted molar refractivity (Wildman–Crippen MR) is 118 cm³/mol. The summed E-state index contributed by atoms with van der Waals surface area (Å²) in [6, 6.07) is 6.64. The molecule has 4 N–H and O–H groups in total. The third kappa shape index (κ3) is 7.32. The fraction of sp³-hybridized carbons (Fsp3) is 0.381. The highest BCUT2D eigenvalue weighted by molar-refractivity contribution is 8.13. The summed E-state index contributed by atoms with van der Waals surface area (Å²) < 4.78 is 63.5. The number of fused-ring (bicyclic) bond motifs is 3. The van der Waals surface area contributed by atoms with Crippen LogP contribution in [0.5, 0.6) is 0 Å². The summed E-state index contributed by atoms with van der Waals surface area (Å²) >= 11 is 1.69. The van der Waals surface area contributed by atoms with Gasteiger partial charge >= 0.3 is 24.3 Å². The molecule has 2 heterocycles. The summed E-state index contributed by atoms with van der Waals surface area (Å²) in [5.41, 5.74) is 10.7. The van der Waals surface area contributed by atoms with Crippen LogP contribution in [-0.4, -0.2) is 55.4 Å². The molecule has 0 spiro atoms. The molecule has 2 aromatic rings. The average molecular weight is 538 g/mol. The predicted octanol–water partition coefficient (Wildman–Crippen LogP) is 4.25. The van der Waals surface area contributed by atoms with Crippen molar-refractivity contribution in [1.82, 2.24) is 9.97 Å². The number of carboxylic acids is 2. The van der Waals surface area contributed by atoms with E-state index in [1.165, 1.54) is 17.5 Å². The normalized spacial score (nSPS) is 20.8. The molecule has 1 aromatic heterocycles. The standard InChI is InChI=1S/C17H18N4S.2C2HF3O2/c1-17-14(9-22-16(18)21-17)5-4-11-2-3-12(6-15(11)17)13-7-19-10-20-8-13;2*3-2(4,5)1(6)7/h2-3,6-8,10,14H,4-5,9H2,1H3,(H2,18,21);2*(H,6,7)/t14-,17+;;/m1../s1. The van der Waals surface area contributed by atoms with Gasteiger partial charge in [0.25, 0.3) is 0 Å². The number of thioether (sulfide) groups is 1. The van der Waals surface area contributed by atoms with Crippen LogP contribution in [0.3, 0.4) is 0 Å². The number of nitrogens with zero attached hydrogens (tertiary/aromatic N) is 3. The quantitative estimate of drug-likeness (QED) is 0.458. The molecule has 2 atom stereocenters. The number of hydrogen-bond acceptors (Lipinski definition) is 7. The number of aryl methyl sites for hydroxylation is 1. The van der Waals surface area contributed by atoms with Gasteiger partial charge in [0.05, 0.1) is 5.54 Å². The summed E-state index contributed by atoms with van der Waals surface area (Å²) in [7, 11) is 0. The van der Waals surface area contributed by atoms with Gasteiger partial charge in [0.2, 0.25) is 0 Å². The second-order valence-corrected chi connectivity index (χ2v) is 8.79. The molecule has 8 nitrogen and oxygen atoms in total. The lowest BCUT2D eigenvalue weighted by Crippen LogP contribution is -2.41. The number of benzene rings is 1. The molecule has 4 rings (SSSR count). The fourth-order valence-corrected chi connectivity index (χ4v) is 4.69. The van der Waals surface area contributed by atoms with Crippen LogP contribution in [0.25, 0.3) is 11.1 Å². The number of aliphatic imine (C=N–C) groups is 1. The van der Waals surface area contributed by atoms with Gasteiger partial charge in [0.1, 0.15) is 6.33 Å². The first-order valence-electron chi connectivity index (χ1n) is 10.0. The number of nitrogens with two attached hydrogens (primary N) is 1. The van der Waals surface area contributed by atoms with Gasteiger partial charge in [-0.2, -0.15) is 26.3 Å². The molecule has 0 bridgehead atoms. The minimum atomic E-state index is -5.08. The third-order valence-electron chi connectivity index (χ3n) is 5.37. The van der Waals surface area contributed by atoms with Gasteiger partial charge in [-0.15, -0.1) is 0 Å². The molecule has 0 unspecified atom stereocenters. The van der Waals surface area contributed by atoms with E-state index >= 15 is 0 Å². The smallest absolute Gasteiger partial charge is 0.475 e. The van der Waals surface area contributed by atoms with E-state index in [0.717, 1.165) is 23.3 Å². The van der Waals surface area contributed by atoms with Gasteiger partial charge in [-0.1, -0.05) is 23.9 Å². The van der Waals surface area contributed by atoms with E-state index in [2.05, 4.69) is 35.1 Å². The number of amidine groups is 1. The molecule has 36 heavy (non-hydrogen) atoms. The molecule has 0 saturated heterocycles. The summed E-state index contributed by atoms with van der Waals surface area (Å²) in [5.74, 6) is -3.90. The maximum Gasteiger partial charge on any atom is 0.490 e. The topological polar surface area (TPSA) is 139 Å². The van der Waals surface area contributed by atoms with Crippen molar-refractivity contribution >= 4 is 28.9 Å². The van der Waals surface area contributed by atoms with Gasteiger partial charge in [0.15, 0.2) is 5.17 Å². The fourth-order valence-electron chi connectivity index (χ4n) is 3.57. The van der Waals surface area contributed by atoms with Crippen molar-refractivity contribution in [2.45, 2.75) is 37.7 Å². The van der Waals surface area contributed by atoms with Crippen LogP contribution in [0.2, 0.25) is 0 Å². The first-order chi connectivity index (χ1) is 16.6. The first kappa shape index (κ1) is 28.9. The van der Waals surface area contributed by atoms with Crippen molar-refractivity contribution in [3.8, 4) is 11.1 Å². The highest BCUT2D eigenvalue weighted by Gasteiger charge is 2.43. The molecule has 0 radical (unpaired) electrons. The molecule has 196 valence electrons. The Morgan fingerprint density at radius 3 is 2.06 bits per heavy atom. The number of hydrogen-bond donors (Lipinski definition) is 3. The van der Waals surface area contributed by atoms with Crippen molar-refractivity contribution in [3.63, 3.8) is 0 Å². The summed E-state index contributed by atoms with van der Waals surface area (Å²) in [4.78, 5) is 30.9. The lowest BCUT2D eigenvalue weighted by atomic mass is 9.70. The molecule has 1 aliphatic heterocycles. The van der Waals surface area contributed by atoms with Crippen LogP contribution in [0.4, 0.5) is 26.3 Å². The third-order valence-corrected chi connectivity index (χ3v) is 6.32. The largest absolute Gasteiger partial charge is 0.490 e. The van der Waals surface area contributed by atoms with Gasteiger partial charge in [-0.05, 0) is 48.4 Å². The van der Waals surface area contributed by atoms with Crippen molar-refractivity contribution in [2.24, 2.45) is 16.6 Å². The van der Waals surface area contributed by atoms with E-state index in [9.17, 15) is 26.3 Å². The molecule has 0 saturated carbocycles. The molecule has 0 fully saturated rings. The highest BCUT2D eigenvalue weighted by Crippen LogP contribution is 2.47. The maximum atomic E-state index is 10.6. The number of rotatable bonds is 1. The van der Waals surface area contributed by atoms with E-state index in [0.29, 0.717) is 11.1 Å². The molecule has 1 aliphatic carbocycles. The lowest BCUT2D eigenvalue weighted by molar-refractivity contribution is -0.193. The van der Waals surface area contributed by atoms with Gasteiger partial charge in [0, 0.05) is 23.7 Å². The Morgan fingerprint density at radius 1 is 1.03 bits per heavy atom. The van der Waals surface area contributed by atoms with Gasteiger partial charge in [-0.25, -0.2) is 19.6 Å². The number of aliphatic carboxylic acids is 2. The molecular formula is C21H20F6N4O4S. The van der Waals surface area contributed by atoms with Crippen LogP contribution >= 0.6 is 11.8 Å². The molecule has 1 aromatic carbocycles. The number of alkyl halides is 6. The minimum absolute atomic E-state index is 0.200. The number of halogens is 6. The van der Waals surface area contributed by atoms with Crippen LogP contribution in [0.15, 0.2) is 41.9 Å². The summed E-state index contributed by atoms with van der Waals surface area (Å²) in [6.45, 7) is 2.23. The van der Waals surface area contributed by atoms with Crippen molar-refractivity contribution < 1.29 is 46.1 Å². The van der Waals surface area contributed by atoms with E-state index < -0.39 is 24.3 Å². The second-order valence-electron chi connectivity index (χ2n) is 7.75. The van der Waals surface area contributed by atoms with E-state index in [1.54, 1.807) is 18.1 Å². The van der Waals surface area contributed by atoms with E-state index in [-0.39, 0.29) is 5.54 Å². The zero-order valence-corrected chi connectivity index (χ0v) is 19.3. The summed E-state index contributed by atoms with van der Waals surface area (Å²) in [6.07, 6.45) is -2.60. The van der Waals surface area contributed by atoms with Crippen molar-refractivity contribution in [3.05, 3.63) is 48.0 Å². The van der Waals surface area contributed by atoms with Gasteiger partial charge < -0.3 is 15.9 Å². The molecule has 0 amide bonds. The van der Waals surface area contributed by atoms with Crippen LogP contribution in [-0.2, 0) is 21.5 Å². The average Bonchev–Trinajstić information content (AvgIpc) is 2.78. The Bertz CT molecular complexity index is 1100. The van der Waals surface area contributed by atoms with Crippen molar-refractivity contribution in [2.75, 3.05) is 5.75 Å². The zero-order chi connectivity index (χ0) is 27.3. The Morgan fingerprint density at radius 2 is 1.56 bits per heavy atom. The van der Waals surface area contributed by atoms with Crippen LogP contribution in [0.1, 0.15) is 24.5 Å². The zero-order valence-electron chi connectivity index (χ0n) is 18.5. The first-order valence-corrected chi connectivity index (χ1v) is 11.0. The highest BCUT2D eigenvalue weighted by atomic mass is 32.2. The summed E-state index contributed by atoms with van der Waals surface area (Å²) in [5, 5.41) is 15.0.